The SMILES string of the molecule is COC(=O)c1sc(Nc2c(F)cccc2Cl)nc1Cl. The molecule has 0 atom stereocenters. The van der Waals surface area contributed by atoms with Gasteiger partial charge in [-0.15, -0.1) is 0 Å². The lowest BCUT2D eigenvalue weighted by Gasteiger charge is -2.05. The number of nitrogens with one attached hydrogen (secondary N) is 1. The molecule has 19 heavy (non-hydrogen) atoms. The number of benzene rings is 1. The van der Waals surface area contributed by atoms with Gasteiger partial charge in [-0.05, 0) is 12.1 Å². The number of carbonyl (C=O) groups is 1. The monoisotopic (exact) mass is 320 g/mol. The standard InChI is InChI=1S/C11H7Cl2FN2O2S/c1-18-10(17)8-9(13)16-11(19-8)15-7-5(12)3-2-4-6(7)14/h2-4H,1H3,(H,15,16). The first-order valence-corrected chi connectivity index (χ1v) is 6.56. The summed E-state index contributed by atoms with van der Waals surface area (Å²) in [6, 6.07) is 4.27. The Morgan fingerprint density at radius 2 is 2.21 bits per heavy atom. The minimum Gasteiger partial charge on any atom is -0.465 e. The van der Waals surface area contributed by atoms with Crippen molar-refractivity contribution in [3.8, 4) is 0 Å². The average molecular weight is 321 g/mol. The number of carbonyl (C=O) groups excluding carboxylic acids is 1. The van der Waals surface area contributed by atoms with Crippen molar-refractivity contribution < 1.29 is 13.9 Å². The fourth-order valence-electron chi connectivity index (χ4n) is 1.30. The highest BCUT2D eigenvalue weighted by atomic mass is 35.5. The Labute approximate surface area is 122 Å². The molecule has 0 aliphatic heterocycles. The van der Waals surface area contributed by atoms with Crippen LogP contribution >= 0.6 is 34.5 Å². The van der Waals surface area contributed by atoms with E-state index in [-0.39, 0.29) is 25.9 Å². The lowest BCUT2D eigenvalue weighted by molar-refractivity contribution is 0.0606. The minimum atomic E-state index is -0.602. The van der Waals surface area contributed by atoms with Gasteiger partial charge in [0.1, 0.15) is 5.82 Å². The number of rotatable bonds is 3. The molecule has 1 N–H and O–H groups in total. The van der Waals surface area contributed by atoms with E-state index in [1.54, 1.807) is 0 Å². The van der Waals surface area contributed by atoms with E-state index in [1.165, 1.54) is 25.3 Å². The molecule has 8 heteroatoms. The fraction of sp³-hybridized carbons (Fsp3) is 0.0909. The highest BCUT2D eigenvalue weighted by Crippen LogP contribution is 2.33. The first-order valence-electron chi connectivity index (χ1n) is 4.98. The van der Waals surface area contributed by atoms with E-state index in [9.17, 15) is 9.18 Å². The largest absolute Gasteiger partial charge is 0.465 e. The van der Waals surface area contributed by atoms with E-state index in [0.29, 0.717) is 0 Å². The van der Waals surface area contributed by atoms with Crippen molar-refractivity contribution in [2.45, 2.75) is 0 Å². The second-order valence-electron chi connectivity index (χ2n) is 3.35. The zero-order chi connectivity index (χ0) is 14.0. The van der Waals surface area contributed by atoms with Crippen molar-refractivity contribution in [3.05, 3.63) is 39.1 Å². The number of ether oxygens (including phenoxy) is 1. The second kappa shape index (κ2) is 5.73. The van der Waals surface area contributed by atoms with Crippen LogP contribution in [0, 0.1) is 5.82 Å². The molecule has 0 amide bonds. The number of aromatic nitrogens is 1. The van der Waals surface area contributed by atoms with Crippen LogP contribution in [-0.2, 0) is 4.74 Å². The predicted octanol–water partition coefficient (Wildman–Crippen LogP) is 4.12. The van der Waals surface area contributed by atoms with Crippen LogP contribution in [0.2, 0.25) is 10.2 Å². The van der Waals surface area contributed by atoms with Gasteiger partial charge in [0.2, 0.25) is 0 Å². The minimum absolute atomic E-state index is 0.00758. The van der Waals surface area contributed by atoms with Crippen molar-refractivity contribution in [2.75, 3.05) is 12.4 Å². The number of anilines is 2. The Bertz CT molecular complexity index is 613. The molecule has 2 rings (SSSR count). The van der Waals surface area contributed by atoms with Crippen LogP contribution in [0.15, 0.2) is 18.2 Å². The maximum absolute atomic E-state index is 13.6. The summed E-state index contributed by atoms with van der Waals surface area (Å²) in [5.41, 5.74) is 0.0750. The van der Waals surface area contributed by atoms with E-state index in [0.717, 1.165) is 11.3 Å². The van der Waals surface area contributed by atoms with Crippen LogP contribution in [0.5, 0.6) is 0 Å². The summed E-state index contributed by atoms with van der Waals surface area (Å²) in [5.74, 6) is -1.13. The molecule has 0 radical (unpaired) electrons. The van der Waals surface area contributed by atoms with E-state index in [1.807, 2.05) is 0 Å². The Balaban J connectivity index is 2.32. The number of halogens is 3. The number of methoxy groups -OCH3 is 1. The molecule has 1 heterocycles. The van der Waals surface area contributed by atoms with Crippen molar-refractivity contribution in [3.63, 3.8) is 0 Å². The van der Waals surface area contributed by atoms with Crippen LogP contribution in [0.3, 0.4) is 0 Å². The van der Waals surface area contributed by atoms with Gasteiger partial charge in [-0.25, -0.2) is 14.2 Å². The molecule has 0 aliphatic rings. The molecule has 100 valence electrons. The van der Waals surface area contributed by atoms with Crippen LogP contribution in [0.1, 0.15) is 9.67 Å². The summed E-state index contributed by atoms with van der Waals surface area (Å²) in [4.78, 5) is 15.4. The van der Waals surface area contributed by atoms with Crippen LogP contribution in [0.25, 0.3) is 0 Å². The van der Waals surface area contributed by atoms with Crippen molar-refractivity contribution in [1.29, 1.82) is 0 Å². The normalized spacial score (nSPS) is 10.3. The highest BCUT2D eigenvalue weighted by Gasteiger charge is 2.18. The maximum Gasteiger partial charge on any atom is 0.351 e. The van der Waals surface area contributed by atoms with Gasteiger partial charge in [0.15, 0.2) is 15.2 Å². The number of nitrogens with zero attached hydrogens (tertiary/aromatic N) is 1. The third-order valence-corrected chi connectivity index (χ3v) is 3.80. The molecule has 0 aliphatic carbocycles. The lowest BCUT2D eigenvalue weighted by atomic mass is 10.3. The van der Waals surface area contributed by atoms with Gasteiger partial charge < -0.3 is 10.1 Å². The van der Waals surface area contributed by atoms with E-state index in [4.69, 9.17) is 23.2 Å². The average Bonchev–Trinajstić information content (AvgIpc) is 2.74. The van der Waals surface area contributed by atoms with Gasteiger partial charge in [-0.1, -0.05) is 40.6 Å². The Kier molecular flexibility index (Phi) is 4.24. The molecule has 0 unspecified atom stereocenters. The molecular weight excluding hydrogens is 314 g/mol. The van der Waals surface area contributed by atoms with Crippen LogP contribution in [-0.4, -0.2) is 18.1 Å². The predicted molar refractivity (Wildman–Crippen MR) is 73.2 cm³/mol. The van der Waals surface area contributed by atoms with Gasteiger partial charge in [0.25, 0.3) is 0 Å². The Morgan fingerprint density at radius 1 is 1.47 bits per heavy atom. The van der Waals surface area contributed by atoms with Gasteiger partial charge in [0, 0.05) is 0 Å². The van der Waals surface area contributed by atoms with Gasteiger partial charge in [0.05, 0.1) is 17.8 Å². The Hall–Kier alpha value is -1.37. The molecule has 2 aromatic rings. The molecular formula is C11H7Cl2FN2O2S. The van der Waals surface area contributed by atoms with Gasteiger partial charge >= 0.3 is 5.97 Å². The Morgan fingerprint density at radius 3 is 2.84 bits per heavy atom. The quantitative estimate of drug-likeness (QED) is 0.864. The smallest absolute Gasteiger partial charge is 0.351 e. The highest BCUT2D eigenvalue weighted by molar-refractivity contribution is 7.18. The lowest BCUT2D eigenvalue weighted by Crippen LogP contribution is -1.98. The number of para-hydroxylation sites is 1. The van der Waals surface area contributed by atoms with Crippen LogP contribution in [0.4, 0.5) is 15.2 Å². The molecule has 4 nitrogen and oxygen atoms in total. The summed E-state index contributed by atoms with van der Waals surface area (Å²) >= 11 is 12.6. The first-order chi connectivity index (χ1) is 9.02. The zero-order valence-corrected chi connectivity index (χ0v) is 11.9. The summed E-state index contributed by atoms with van der Waals surface area (Å²) in [6.45, 7) is 0. The van der Waals surface area contributed by atoms with E-state index >= 15 is 0 Å². The zero-order valence-electron chi connectivity index (χ0n) is 9.54. The van der Waals surface area contributed by atoms with Gasteiger partial charge in [-0.3, -0.25) is 0 Å². The number of esters is 1. The van der Waals surface area contributed by atoms with Gasteiger partial charge in [-0.2, -0.15) is 0 Å². The molecule has 0 spiro atoms. The molecule has 0 fully saturated rings. The van der Waals surface area contributed by atoms with Crippen molar-refractivity contribution in [2.24, 2.45) is 0 Å². The third kappa shape index (κ3) is 2.97. The topological polar surface area (TPSA) is 51.2 Å². The first kappa shape index (κ1) is 14.0. The number of thiazole rings is 1. The van der Waals surface area contributed by atoms with Crippen LogP contribution < -0.4 is 5.32 Å². The number of hydrogen-bond acceptors (Lipinski definition) is 5. The molecule has 1 aromatic heterocycles. The second-order valence-corrected chi connectivity index (χ2v) is 5.12. The summed E-state index contributed by atoms with van der Waals surface area (Å²) in [5, 5.41) is 3.13. The molecule has 0 saturated heterocycles. The van der Waals surface area contributed by atoms with E-state index < -0.39 is 11.8 Å². The fourth-order valence-corrected chi connectivity index (χ4v) is 2.62. The summed E-state index contributed by atoms with van der Waals surface area (Å²) in [6.07, 6.45) is 0. The molecule has 1 aromatic carbocycles. The number of hydrogen-bond donors (Lipinski definition) is 1. The summed E-state index contributed by atoms with van der Waals surface area (Å²) in [7, 11) is 1.24. The third-order valence-electron chi connectivity index (χ3n) is 2.15. The van der Waals surface area contributed by atoms with E-state index in [2.05, 4.69) is 15.0 Å². The molecule has 0 saturated carbocycles. The van der Waals surface area contributed by atoms with Crippen molar-refractivity contribution >= 4 is 51.3 Å². The maximum atomic E-state index is 13.6. The summed E-state index contributed by atoms with van der Waals surface area (Å²) < 4.78 is 18.1. The van der Waals surface area contributed by atoms with Crippen molar-refractivity contribution in [1.82, 2.24) is 4.98 Å². The molecule has 0 bridgehead atoms.